The number of halogens is 1. The molecule has 31 heavy (non-hydrogen) atoms. The molecule has 0 saturated carbocycles. The number of hydrogen-bond donors (Lipinski definition) is 1. The van der Waals surface area contributed by atoms with Crippen LogP contribution in [0.5, 0.6) is 10.9 Å². The Balaban J connectivity index is 1.33. The zero-order valence-corrected chi connectivity index (χ0v) is 18.8. The highest BCUT2D eigenvalue weighted by molar-refractivity contribution is 7.16. The Hall–Kier alpha value is -2.52. The number of ether oxygens (including phenoxy) is 1. The molecule has 5 rings (SSSR count). The first-order valence-electron chi connectivity index (χ1n) is 10.5. The Bertz CT molecular complexity index is 1110. The Morgan fingerprint density at radius 3 is 2.77 bits per heavy atom. The van der Waals surface area contributed by atoms with Crippen LogP contribution in [0.25, 0.3) is 16.3 Å². The van der Waals surface area contributed by atoms with E-state index in [1.54, 1.807) is 16.8 Å². The molecule has 7 nitrogen and oxygen atoms in total. The normalized spacial score (nSPS) is 30.6. The summed E-state index contributed by atoms with van der Waals surface area (Å²) in [6.07, 6.45) is 2.26. The second-order valence-corrected chi connectivity index (χ2v) is 9.89. The summed E-state index contributed by atoms with van der Waals surface area (Å²) in [5, 5.41) is 24.3. The molecule has 164 valence electrons. The average Bonchev–Trinajstić information content (AvgIpc) is 3.39. The number of rotatable bonds is 4. The van der Waals surface area contributed by atoms with E-state index in [1.807, 2.05) is 46.1 Å². The molecule has 9 heteroatoms. The molecule has 2 aliphatic heterocycles. The zero-order chi connectivity index (χ0) is 21.9. The van der Waals surface area contributed by atoms with E-state index >= 15 is 0 Å². The zero-order valence-electron chi connectivity index (χ0n) is 18.0. The van der Waals surface area contributed by atoms with E-state index in [2.05, 4.69) is 20.2 Å². The maximum absolute atomic E-state index is 14.9. The van der Waals surface area contributed by atoms with E-state index < -0.39 is 11.7 Å². The highest BCUT2D eigenvalue weighted by Gasteiger charge is 2.58. The van der Waals surface area contributed by atoms with Crippen LogP contribution in [-0.4, -0.2) is 60.9 Å². The molecule has 2 bridgehead atoms. The van der Waals surface area contributed by atoms with Gasteiger partial charge in [0.1, 0.15) is 18.0 Å². The van der Waals surface area contributed by atoms with Gasteiger partial charge in [0.2, 0.25) is 0 Å². The maximum atomic E-state index is 14.9. The Morgan fingerprint density at radius 1 is 1.29 bits per heavy atom. The van der Waals surface area contributed by atoms with Gasteiger partial charge in [0.05, 0.1) is 22.5 Å². The molecule has 0 radical (unpaired) electrons. The number of fused-ring (bicyclic) bond motifs is 2. The predicted octanol–water partition coefficient (Wildman–Crippen LogP) is 3.99. The lowest BCUT2D eigenvalue weighted by molar-refractivity contribution is -0.00224. The summed E-state index contributed by atoms with van der Waals surface area (Å²) in [5.41, 5.74) is 1.74. The van der Waals surface area contributed by atoms with Crippen molar-refractivity contribution in [3.05, 3.63) is 36.2 Å². The second kappa shape index (κ2) is 7.27. The summed E-state index contributed by atoms with van der Waals surface area (Å²) in [4.78, 5) is 2.18. The number of piperidine rings is 1. The fraction of sp³-hybridized carbons (Fsp3) is 0.500. The molecule has 2 fully saturated rings. The number of phenols is 1. The van der Waals surface area contributed by atoms with E-state index in [0.29, 0.717) is 22.2 Å². The molecular formula is C22H26FN5O2S. The van der Waals surface area contributed by atoms with Crippen molar-refractivity contribution in [2.45, 2.75) is 57.5 Å². The van der Waals surface area contributed by atoms with E-state index in [0.717, 1.165) is 17.8 Å². The van der Waals surface area contributed by atoms with Crippen LogP contribution in [0.2, 0.25) is 0 Å². The third-order valence-corrected chi connectivity index (χ3v) is 7.83. The number of nitrogens with zero attached hydrogens (tertiary/aromatic N) is 5. The summed E-state index contributed by atoms with van der Waals surface area (Å²) in [6.45, 7) is 5.88. The van der Waals surface area contributed by atoms with Crippen LogP contribution in [0.15, 0.2) is 30.5 Å². The first-order chi connectivity index (χ1) is 14.8. The van der Waals surface area contributed by atoms with Crippen LogP contribution in [0.1, 0.15) is 32.4 Å². The van der Waals surface area contributed by atoms with E-state index in [4.69, 9.17) is 4.74 Å². The van der Waals surface area contributed by atoms with Crippen LogP contribution in [0, 0.1) is 12.8 Å². The molecule has 3 aromatic rings. The van der Waals surface area contributed by atoms with Gasteiger partial charge in [-0.25, -0.2) is 9.07 Å². The minimum Gasteiger partial charge on any atom is -0.507 e. The number of phenolic OH excluding ortho intramolecular Hbond substituents is 1. The monoisotopic (exact) mass is 443 g/mol. The summed E-state index contributed by atoms with van der Waals surface area (Å²) < 4.78 is 22.7. The van der Waals surface area contributed by atoms with Crippen molar-refractivity contribution in [3.8, 4) is 27.2 Å². The van der Waals surface area contributed by atoms with Gasteiger partial charge in [0, 0.05) is 37.1 Å². The quantitative estimate of drug-likeness (QED) is 0.657. The molecule has 1 N–H and O–H groups in total. The summed E-state index contributed by atoms with van der Waals surface area (Å²) in [6, 6.07) is 7.40. The molecular weight excluding hydrogens is 417 g/mol. The highest BCUT2D eigenvalue weighted by atomic mass is 32.1. The lowest BCUT2D eigenvalue weighted by Crippen LogP contribution is -2.54. The lowest BCUT2D eigenvalue weighted by Gasteiger charge is -2.43. The topological polar surface area (TPSA) is 76.3 Å². The van der Waals surface area contributed by atoms with Crippen LogP contribution >= 0.6 is 11.3 Å². The SMILES string of the molecule is Cc1ccn(-c2ccc(-c3nnc(OC4CC5C(C)C(F)C(C)(C4)N5C)s3)c(O)c2)n1. The second-order valence-electron chi connectivity index (χ2n) is 8.95. The lowest BCUT2D eigenvalue weighted by atomic mass is 9.88. The number of aryl methyl sites for hydroxylation is 1. The minimum atomic E-state index is -0.866. The van der Waals surface area contributed by atoms with Gasteiger partial charge in [-0.3, -0.25) is 4.90 Å². The van der Waals surface area contributed by atoms with Crippen LogP contribution in [-0.2, 0) is 0 Å². The Labute approximate surface area is 184 Å². The van der Waals surface area contributed by atoms with Crippen LogP contribution < -0.4 is 4.74 Å². The van der Waals surface area contributed by atoms with Crippen molar-refractivity contribution in [1.82, 2.24) is 24.9 Å². The predicted molar refractivity (Wildman–Crippen MR) is 117 cm³/mol. The summed E-state index contributed by atoms with van der Waals surface area (Å²) in [5.74, 6) is 0.0925. The van der Waals surface area contributed by atoms with Gasteiger partial charge < -0.3 is 9.84 Å². The van der Waals surface area contributed by atoms with Crippen molar-refractivity contribution < 1.29 is 14.2 Å². The van der Waals surface area contributed by atoms with Crippen LogP contribution in [0.4, 0.5) is 4.39 Å². The van der Waals surface area contributed by atoms with Gasteiger partial charge in [-0.1, -0.05) is 23.4 Å². The molecule has 1 aromatic carbocycles. The van der Waals surface area contributed by atoms with Crippen LogP contribution in [0.3, 0.4) is 0 Å². The minimum absolute atomic E-state index is 0.0115. The first kappa shape index (κ1) is 20.4. The average molecular weight is 444 g/mol. The molecule has 2 aliphatic rings. The van der Waals surface area contributed by atoms with Gasteiger partial charge >= 0.3 is 0 Å². The third kappa shape index (κ3) is 3.30. The number of aromatic nitrogens is 4. The largest absolute Gasteiger partial charge is 0.507 e. The molecule has 2 aromatic heterocycles. The van der Waals surface area contributed by atoms with E-state index in [9.17, 15) is 9.50 Å². The number of benzene rings is 1. The maximum Gasteiger partial charge on any atom is 0.294 e. The van der Waals surface area contributed by atoms with Crippen molar-refractivity contribution in [2.75, 3.05) is 7.05 Å². The van der Waals surface area contributed by atoms with E-state index in [-0.39, 0.29) is 23.8 Å². The van der Waals surface area contributed by atoms with Gasteiger partial charge in [0.25, 0.3) is 5.19 Å². The van der Waals surface area contributed by atoms with Crippen molar-refractivity contribution in [3.63, 3.8) is 0 Å². The molecule has 2 saturated heterocycles. The van der Waals surface area contributed by atoms with Crippen molar-refractivity contribution in [1.29, 1.82) is 0 Å². The van der Waals surface area contributed by atoms with Gasteiger partial charge in [-0.2, -0.15) is 5.10 Å². The molecule has 0 spiro atoms. The molecule has 5 unspecified atom stereocenters. The van der Waals surface area contributed by atoms with E-state index in [1.165, 1.54) is 11.3 Å². The number of hydrogen-bond acceptors (Lipinski definition) is 7. The smallest absolute Gasteiger partial charge is 0.294 e. The number of alkyl halides is 1. The first-order valence-corrected chi connectivity index (χ1v) is 11.3. The summed E-state index contributed by atoms with van der Waals surface area (Å²) in [7, 11) is 2.01. The summed E-state index contributed by atoms with van der Waals surface area (Å²) >= 11 is 1.29. The van der Waals surface area contributed by atoms with Crippen molar-refractivity contribution in [2.24, 2.45) is 5.92 Å². The molecule has 0 amide bonds. The standard InChI is InChI=1S/C22H26FN5O2S/c1-12-7-8-28(26-12)14-5-6-16(18(29)9-14)20-24-25-21(31-20)30-15-10-17-13(2)19(23)22(3,11-15)27(17)4/h5-9,13,15,17,19,29H,10-11H2,1-4H3. The van der Waals surface area contributed by atoms with Gasteiger partial charge in [0.15, 0.2) is 5.01 Å². The Kier molecular flexibility index (Phi) is 4.78. The Morgan fingerprint density at radius 2 is 2.10 bits per heavy atom. The third-order valence-electron chi connectivity index (χ3n) is 6.98. The molecule has 5 atom stereocenters. The highest BCUT2D eigenvalue weighted by Crippen LogP contribution is 2.48. The van der Waals surface area contributed by atoms with Gasteiger partial charge in [-0.15, -0.1) is 5.10 Å². The van der Waals surface area contributed by atoms with Crippen molar-refractivity contribution >= 4 is 11.3 Å². The fourth-order valence-electron chi connectivity index (χ4n) is 5.13. The fourth-order valence-corrected chi connectivity index (χ4v) is 5.93. The molecule has 4 heterocycles. The number of aromatic hydroxyl groups is 1. The molecule has 0 aliphatic carbocycles. The van der Waals surface area contributed by atoms with Gasteiger partial charge in [-0.05, 0) is 39.1 Å².